The summed E-state index contributed by atoms with van der Waals surface area (Å²) in [5.74, 6) is -0.888. The molecule has 0 spiro atoms. The van der Waals surface area contributed by atoms with Gasteiger partial charge in [0.1, 0.15) is 17.3 Å². The number of hydrogen-bond acceptors (Lipinski definition) is 6. The molecule has 2 N–H and O–H groups in total. The lowest BCUT2D eigenvalue weighted by Crippen LogP contribution is -2.31. The number of amides is 1. The summed E-state index contributed by atoms with van der Waals surface area (Å²) in [5.41, 5.74) is 2.54. The van der Waals surface area contributed by atoms with Crippen LogP contribution in [0.4, 0.5) is 4.39 Å². The Hall–Kier alpha value is -4.79. The van der Waals surface area contributed by atoms with Gasteiger partial charge >= 0.3 is 0 Å². The average Bonchev–Trinajstić information content (AvgIpc) is 3.48. The molecule has 4 aromatic rings. The summed E-state index contributed by atoms with van der Waals surface area (Å²) in [5, 5.41) is 12.3. The number of methoxy groups -OCH3 is 3. The minimum absolute atomic E-state index is 0.0839. The van der Waals surface area contributed by atoms with Crippen molar-refractivity contribution in [1.29, 1.82) is 0 Å². The number of Topliss-reactive ketones (excluding diaryl/α,β-unsaturated/α-hetero) is 1. The minimum Gasteiger partial charge on any atom is -0.507 e. The lowest BCUT2D eigenvalue weighted by molar-refractivity contribution is -0.139. The van der Waals surface area contributed by atoms with Crippen LogP contribution in [0.1, 0.15) is 22.7 Å². The smallest absolute Gasteiger partial charge is 0.295 e. The zero-order valence-corrected chi connectivity index (χ0v) is 21.7. The molecule has 3 aromatic carbocycles. The normalized spacial score (nSPS) is 16.6. The standard InChI is InChI=1S/C30H27FN2O6/c1-37-21-9-10-23-22(15-21)19(16-32-23)12-13-33-27(17-4-7-20(31)8-5-17)26(29(35)30(33)36)28(34)18-6-11-24(38-2)25(14-18)39-3/h4-11,14-16,27,32,34H,12-13H2,1-3H3/t27-/m0/s1. The highest BCUT2D eigenvalue weighted by molar-refractivity contribution is 6.46. The molecule has 2 heterocycles. The van der Waals surface area contributed by atoms with Gasteiger partial charge in [-0.3, -0.25) is 9.59 Å². The Morgan fingerprint density at radius 1 is 0.949 bits per heavy atom. The summed E-state index contributed by atoms with van der Waals surface area (Å²) in [6.07, 6.45) is 2.28. The number of nitrogens with one attached hydrogen (secondary N) is 1. The molecule has 1 fully saturated rings. The van der Waals surface area contributed by atoms with Gasteiger partial charge in [-0.05, 0) is 66.1 Å². The number of ether oxygens (including phenoxy) is 3. The predicted molar refractivity (Wildman–Crippen MR) is 144 cm³/mol. The number of aliphatic hydroxyl groups excluding tert-OH is 1. The molecule has 1 atom stereocenters. The molecule has 1 saturated heterocycles. The summed E-state index contributed by atoms with van der Waals surface area (Å²) < 4.78 is 29.8. The third kappa shape index (κ3) is 4.67. The number of H-pyrrole nitrogens is 1. The first-order valence-corrected chi connectivity index (χ1v) is 12.3. The number of halogens is 1. The van der Waals surface area contributed by atoms with Crippen molar-refractivity contribution in [2.24, 2.45) is 0 Å². The van der Waals surface area contributed by atoms with Crippen LogP contribution in [-0.4, -0.2) is 54.6 Å². The van der Waals surface area contributed by atoms with Gasteiger partial charge in [0, 0.05) is 29.2 Å². The number of ketones is 1. The van der Waals surface area contributed by atoms with Gasteiger partial charge in [0.05, 0.1) is 32.9 Å². The fourth-order valence-electron chi connectivity index (χ4n) is 4.97. The summed E-state index contributed by atoms with van der Waals surface area (Å²) in [6.45, 7) is 0.180. The predicted octanol–water partition coefficient (Wildman–Crippen LogP) is 5.00. The van der Waals surface area contributed by atoms with E-state index in [1.54, 1.807) is 19.2 Å². The van der Waals surface area contributed by atoms with Crippen LogP contribution in [0.25, 0.3) is 16.7 Å². The number of aliphatic hydroxyl groups is 1. The van der Waals surface area contributed by atoms with Gasteiger partial charge in [-0.25, -0.2) is 4.39 Å². The highest BCUT2D eigenvalue weighted by Gasteiger charge is 2.46. The molecule has 1 aromatic heterocycles. The number of carbonyl (C=O) groups is 2. The van der Waals surface area contributed by atoms with E-state index in [-0.39, 0.29) is 23.4 Å². The minimum atomic E-state index is -0.918. The first kappa shape index (κ1) is 25.8. The van der Waals surface area contributed by atoms with Gasteiger partial charge in [0.15, 0.2) is 11.5 Å². The van der Waals surface area contributed by atoms with E-state index < -0.39 is 23.5 Å². The molecule has 8 nitrogen and oxygen atoms in total. The molecule has 1 amide bonds. The van der Waals surface area contributed by atoms with Crippen molar-refractivity contribution in [2.75, 3.05) is 27.9 Å². The van der Waals surface area contributed by atoms with Gasteiger partial charge in [0.25, 0.3) is 11.7 Å². The third-order valence-corrected chi connectivity index (χ3v) is 6.98. The number of likely N-dealkylation sites (tertiary alicyclic amines) is 1. The summed E-state index contributed by atoms with van der Waals surface area (Å²) in [7, 11) is 4.54. The average molecular weight is 531 g/mol. The number of rotatable bonds is 8. The van der Waals surface area contributed by atoms with Crippen molar-refractivity contribution in [3.05, 3.63) is 94.9 Å². The number of aromatic nitrogens is 1. The van der Waals surface area contributed by atoms with E-state index in [9.17, 15) is 19.1 Å². The summed E-state index contributed by atoms with van der Waals surface area (Å²) >= 11 is 0. The molecule has 5 rings (SSSR count). The van der Waals surface area contributed by atoms with Crippen molar-refractivity contribution >= 4 is 28.4 Å². The van der Waals surface area contributed by atoms with E-state index >= 15 is 0 Å². The molecule has 39 heavy (non-hydrogen) atoms. The van der Waals surface area contributed by atoms with Gasteiger partial charge in [0.2, 0.25) is 0 Å². The van der Waals surface area contributed by atoms with Crippen molar-refractivity contribution in [3.8, 4) is 17.2 Å². The number of fused-ring (bicyclic) bond motifs is 1. The van der Waals surface area contributed by atoms with Crippen LogP contribution in [0.5, 0.6) is 17.2 Å². The number of aromatic amines is 1. The van der Waals surface area contributed by atoms with Crippen LogP contribution in [0.15, 0.2) is 72.4 Å². The maximum absolute atomic E-state index is 13.8. The van der Waals surface area contributed by atoms with Crippen LogP contribution >= 0.6 is 0 Å². The van der Waals surface area contributed by atoms with Crippen LogP contribution < -0.4 is 14.2 Å². The van der Waals surface area contributed by atoms with E-state index in [2.05, 4.69) is 4.98 Å². The van der Waals surface area contributed by atoms with Gasteiger partial charge < -0.3 is 29.2 Å². The molecular weight excluding hydrogens is 503 g/mol. The second kappa shape index (κ2) is 10.5. The van der Waals surface area contributed by atoms with E-state index in [0.717, 1.165) is 16.5 Å². The maximum Gasteiger partial charge on any atom is 0.295 e. The third-order valence-electron chi connectivity index (χ3n) is 6.98. The van der Waals surface area contributed by atoms with Crippen molar-refractivity contribution in [2.45, 2.75) is 12.5 Å². The van der Waals surface area contributed by atoms with Crippen LogP contribution in [0.2, 0.25) is 0 Å². The van der Waals surface area contributed by atoms with Crippen molar-refractivity contribution < 1.29 is 33.3 Å². The maximum atomic E-state index is 13.8. The molecule has 9 heteroatoms. The monoisotopic (exact) mass is 530 g/mol. The van der Waals surface area contributed by atoms with E-state index in [0.29, 0.717) is 29.2 Å². The Morgan fingerprint density at radius 2 is 1.69 bits per heavy atom. The quantitative estimate of drug-likeness (QED) is 0.189. The molecule has 0 unspecified atom stereocenters. The molecule has 1 aliphatic rings. The zero-order valence-electron chi connectivity index (χ0n) is 21.7. The van der Waals surface area contributed by atoms with Crippen LogP contribution in [-0.2, 0) is 16.0 Å². The summed E-state index contributed by atoms with van der Waals surface area (Å²) in [4.78, 5) is 31.3. The van der Waals surface area contributed by atoms with Crippen LogP contribution in [0.3, 0.4) is 0 Å². The SMILES string of the molecule is COc1ccc2[nH]cc(CCN3C(=O)C(=O)C(=C(O)c4ccc(OC)c(OC)c4)[C@@H]3c3ccc(F)cc3)c2c1. The lowest BCUT2D eigenvalue weighted by Gasteiger charge is -2.25. The molecule has 1 aliphatic heterocycles. The highest BCUT2D eigenvalue weighted by Crippen LogP contribution is 2.41. The Bertz CT molecular complexity index is 1590. The fourth-order valence-corrected chi connectivity index (χ4v) is 4.97. The Labute approximate surface area is 224 Å². The Kier molecular flexibility index (Phi) is 6.98. The Balaban J connectivity index is 1.56. The van der Waals surface area contributed by atoms with Gasteiger partial charge in [-0.15, -0.1) is 0 Å². The van der Waals surface area contributed by atoms with Crippen molar-refractivity contribution in [1.82, 2.24) is 9.88 Å². The number of nitrogens with zero attached hydrogens (tertiary/aromatic N) is 1. The van der Waals surface area contributed by atoms with Gasteiger partial charge in [-0.2, -0.15) is 0 Å². The molecular formula is C30H27FN2O6. The topological polar surface area (TPSA) is 101 Å². The van der Waals surface area contributed by atoms with E-state index in [1.807, 2.05) is 24.4 Å². The van der Waals surface area contributed by atoms with Gasteiger partial charge in [-0.1, -0.05) is 12.1 Å². The number of benzene rings is 3. The van der Waals surface area contributed by atoms with Crippen molar-refractivity contribution in [3.63, 3.8) is 0 Å². The first-order chi connectivity index (χ1) is 18.9. The lowest BCUT2D eigenvalue weighted by atomic mass is 9.95. The van der Waals surface area contributed by atoms with E-state index in [1.165, 1.54) is 49.5 Å². The second-order valence-electron chi connectivity index (χ2n) is 9.09. The first-order valence-electron chi connectivity index (χ1n) is 12.3. The highest BCUT2D eigenvalue weighted by atomic mass is 19.1. The molecule has 0 bridgehead atoms. The second-order valence-corrected chi connectivity index (χ2v) is 9.09. The summed E-state index contributed by atoms with van der Waals surface area (Å²) in [6, 6.07) is 15.0. The number of carbonyl (C=O) groups excluding carboxylic acids is 2. The molecule has 200 valence electrons. The molecule has 0 aliphatic carbocycles. The zero-order chi connectivity index (χ0) is 27.7. The largest absolute Gasteiger partial charge is 0.507 e. The van der Waals surface area contributed by atoms with E-state index in [4.69, 9.17) is 14.2 Å². The molecule has 0 radical (unpaired) electrons. The fraction of sp³-hybridized carbons (Fsp3) is 0.200. The Morgan fingerprint density at radius 3 is 2.38 bits per heavy atom. The van der Waals surface area contributed by atoms with Crippen LogP contribution in [0, 0.1) is 5.82 Å². The molecule has 0 saturated carbocycles. The number of hydrogen-bond donors (Lipinski definition) is 2.